The maximum Gasteiger partial charge on any atom is 0.163 e. The molecule has 23 heavy (non-hydrogen) atoms. The molecular weight excluding hydrogens is 316 g/mol. The van der Waals surface area contributed by atoms with E-state index in [4.69, 9.17) is 16.0 Å². The van der Waals surface area contributed by atoms with Crippen molar-refractivity contribution in [2.75, 3.05) is 0 Å². The van der Waals surface area contributed by atoms with Crippen LogP contribution in [0.3, 0.4) is 0 Å². The first kappa shape index (κ1) is 17.0. The standard InChI is InChI=1S/C18H17ClO4/c1-10(20)15(11(2)21)8-18-16(12(3)22)9-17(23-18)13-4-6-14(19)7-5-13/h4-7,9,20H,8H2,1-3H3/b15-10-. The van der Waals surface area contributed by atoms with Crippen molar-refractivity contribution in [1.82, 2.24) is 0 Å². The molecule has 0 unspecified atom stereocenters. The van der Waals surface area contributed by atoms with Gasteiger partial charge in [0.05, 0.1) is 11.3 Å². The summed E-state index contributed by atoms with van der Waals surface area (Å²) in [6.45, 7) is 4.24. The van der Waals surface area contributed by atoms with Crippen LogP contribution in [0.15, 0.2) is 46.1 Å². The van der Waals surface area contributed by atoms with Gasteiger partial charge in [-0.15, -0.1) is 0 Å². The van der Waals surface area contributed by atoms with Crippen molar-refractivity contribution in [1.29, 1.82) is 0 Å². The zero-order chi connectivity index (χ0) is 17.1. The summed E-state index contributed by atoms with van der Waals surface area (Å²) < 4.78 is 5.77. The van der Waals surface area contributed by atoms with Gasteiger partial charge < -0.3 is 9.52 Å². The van der Waals surface area contributed by atoms with Crippen LogP contribution < -0.4 is 0 Å². The third kappa shape index (κ3) is 3.90. The molecule has 0 saturated carbocycles. The predicted molar refractivity (Wildman–Crippen MR) is 88.9 cm³/mol. The Hall–Kier alpha value is -2.33. The zero-order valence-corrected chi connectivity index (χ0v) is 13.9. The number of halogens is 1. The van der Waals surface area contributed by atoms with E-state index in [-0.39, 0.29) is 29.3 Å². The summed E-state index contributed by atoms with van der Waals surface area (Å²) >= 11 is 5.87. The van der Waals surface area contributed by atoms with Crippen LogP contribution in [-0.4, -0.2) is 16.7 Å². The normalized spacial score (nSPS) is 12.0. The summed E-state index contributed by atoms with van der Waals surface area (Å²) in [6, 6.07) is 8.67. The number of carbonyl (C=O) groups excluding carboxylic acids is 2. The second-order valence-electron chi connectivity index (χ2n) is 5.31. The van der Waals surface area contributed by atoms with Crippen LogP contribution in [0.25, 0.3) is 11.3 Å². The highest BCUT2D eigenvalue weighted by atomic mass is 35.5. The van der Waals surface area contributed by atoms with Crippen LogP contribution in [0.5, 0.6) is 0 Å². The largest absolute Gasteiger partial charge is 0.512 e. The number of rotatable bonds is 5. The number of aliphatic hydroxyl groups excluding tert-OH is 1. The van der Waals surface area contributed by atoms with Gasteiger partial charge in [0.2, 0.25) is 0 Å². The molecule has 0 amide bonds. The highest BCUT2D eigenvalue weighted by Crippen LogP contribution is 2.29. The lowest BCUT2D eigenvalue weighted by atomic mass is 10.0. The van der Waals surface area contributed by atoms with Crippen LogP contribution in [0, 0.1) is 0 Å². The van der Waals surface area contributed by atoms with Crippen LogP contribution in [-0.2, 0) is 11.2 Å². The first-order valence-corrected chi connectivity index (χ1v) is 7.46. The molecule has 1 heterocycles. The van der Waals surface area contributed by atoms with Crippen molar-refractivity contribution >= 4 is 23.2 Å². The Morgan fingerprint density at radius 1 is 1.13 bits per heavy atom. The van der Waals surface area contributed by atoms with Gasteiger partial charge in [-0.25, -0.2) is 0 Å². The Kier molecular flexibility index (Phi) is 5.06. The molecule has 2 aromatic rings. The lowest BCUT2D eigenvalue weighted by Crippen LogP contribution is -2.06. The number of allylic oxidation sites excluding steroid dienone is 2. The average molecular weight is 333 g/mol. The number of aliphatic hydroxyl groups is 1. The first-order chi connectivity index (χ1) is 10.8. The van der Waals surface area contributed by atoms with Crippen molar-refractivity contribution in [3.63, 3.8) is 0 Å². The fourth-order valence-corrected chi connectivity index (χ4v) is 2.41. The summed E-state index contributed by atoms with van der Waals surface area (Å²) in [4.78, 5) is 23.5. The van der Waals surface area contributed by atoms with Crippen molar-refractivity contribution in [3.05, 3.63) is 58.0 Å². The minimum Gasteiger partial charge on any atom is -0.512 e. The smallest absolute Gasteiger partial charge is 0.163 e. The first-order valence-electron chi connectivity index (χ1n) is 7.08. The third-order valence-corrected chi connectivity index (χ3v) is 3.77. The Morgan fingerprint density at radius 2 is 1.74 bits per heavy atom. The number of hydrogen-bond donors (Lipinski definition) is 1. The molecule has 0 aliphatic carbocycles. The van der Waals surface area contributed by atoms with E-state index in [0.717, 1.165) is 5.56 Å². The van der Waals surface area contributed by atoms with E-state index >= 15 is 0 Å². The monoisotopic (exact) mass is 332 g/mol. The highest BCUT2D eigenvalue weighted by Gasteiger charge is 2.20. The van der Waals surface area contributed by atoms with Gasteiger partial charge in [-0.2, -0.15) is 0 Å². The van der Waals surface area contributed by atoms with Crippen molar-refractivity contribution in [2.45, 2.75) is 27.2 Å². The van der Waals surface area contributed by atoms with E-state index in [9.17, 15) is 14.7 Å². The SMILES string of the molecule is CC(=O)/C(Cc1oc(-c2ccc(Cl)cc2)cc1C(C)=O)=C(/C)O. The molecule has 5 heteroatoms. The van der Waals surface area contributed by atoms with E-state index in [0.29, 0.717) is 22.1 Å². The summed E-state index contributed by atoms with van der Waals surface area (Å²) in [5, 5.41) is 10.2. The van der Waals surface area contributed by atoms with Gasteiger partial charge in [0.25, 0.3) is 0 Å². The van der Waals surface area contributed by atoms with E-state index in [1.807, 2.05) is 0 Å². The minimum atomic E-state index is -0.260. The molecule has 0 saturated heterocycles. The van der Waals surface area contributed by atoms with Crippen molar-refractivity contribution < 1.29 is 19.1 Å². The maximum absolute atomic E-state index is 11.8. The van der Waals surface area contributed by atoms with Crippen LogP contribution in [0.4, 0.5) is 0 Å². The van der Waals surface area contributed by atoms with E-state index < -0.39 is 0 Å². The summed E-state index contributed by atoms with van der Waals surface area (Å²) in [6.07, 6.45) is 0.0696. The van der Waals surface area contributed by atoms with Crippen molar-refractivity contribution in [3.8, 4) is 11.3 Å². The number of benzene rings is 1. The topological polar surface area (TPSA) is 67.5 Å². The van der Waals surface area contributed by atoms with Gasteiger partial charge in [0.1, 0.15) is 11.5 Å². The van der Waals surface area contributed by atoms with Crippen LogP contribution >= 0.6 is 11.6 Å². The van der Waals surface area contributed by atoms with Crippen molar-refractivity contribution in [2.24, 2.45) is 0 Å². The van der Waals surface area contributed by atoms with E-state index in [2.05, 4.69) is 0 Å². The fourth-order valence-electron chi connectivity index (χ4n) is 2.28. The number of carbonyl (C=O) groups is 2. The van der Waals surface area contributed by atoms with Gasteiger partial charge in [-0.05, 0) is 51.1 Å². The quantitative estimate of drug-likeness (QED) is 0.486. The van der Waals surface area contributed by atoms with Crippen LogP contribution in [0.1, 0.15) is 36.9 Å². The molecule has 1 aromatic heterocycles. The number of Topliss-reactive ketones (excluding diaryl/α,β-unsaturated/α-hetero) is 2. The second kappa shape index (κ2) is 6.84. The average Bonchev–Trinajstić information content (AvgIpc) is 2.89. The second-order valence-corrected chi connectivity index (χ2v) is 5.74. The molecule has 0 spiro atoms. The summed E-state index contributed by atoms with van der Waals surface area (Å²) in [5.41, 5.74) is 1.40. The molecule has 4 nitrogen and oxygen atoms in total. The lowest BCUT2D eigenvalue weighted by molar-refractivity contribution is -0.113. The summed E-state index contributed by atoms with van der Waals surface area (Å²) in [5.74, 6) is 0.379. The lowest BCUT2D eigenvalue weighted by Gasteiger charge is -2.04. The Balaban J connectivity index is 2.47. The molecule has 0 bridgehead atoms. The molecule has 0 aliphatic rings. The number of ketones is 2. The minimum absolute atomic E-state index is 0.0696. The Bertz CT molecular complexity index is 778. The predicted octanol–water partition coefficient (Wildman–Crippen LogP) is 4.77. The van der Waals surface area contributed by atoms with Gasteiger partial charge in [0.15, 0.2) is 11.6 Å². The van der Waals surface area contributed by atoms with Gasteiger partial charge in [-0.1, -0.05) is 11.6 Å². The van der Waals surface area contributed by atoms with Gasteiger partial charge >= 0.3 is 0 Å². The van der Waals surface area contributed by atoms with Crippen LogP contribution in [0.2, 0.25) is 5.02 Å². The summed E-state index contributed by atoms with van der Waals surface area (Å²) in [7, 11) is 0. The zero-order valence-electron chi connectivity index (χ0n) is 13.1. The molecular formula is C18H17ClO4. The molecule has 120 valence electrons. The van der Waals surface area contributed by atoms with E-state index in [1.165, 1.54) is 20.8 Å². The Labute approximate surface area is 139 Å². The fraction of sp³-hybridized carbons (Fsp3) is 0.222. The molecule has 0 radical (unpaired) electrons. The third-order valence-electron chi connectivity index (χ3n) is 3.52. The molecule has 0 fully saturated rings. The van der Waals surface area contributed by atoms with E-state index in [1.54, 1.807) is 30.3 Å². The maximum atomic E-state index is 11.8. The molecule has 0 aliphatic heterocycles. The Morgan fingerprint density at radius 3 is 2.22 bits per heavy atom. The molecule has 1 aromatic carbocycles. The highest BCUT2D eigenvalue weighted by molar-refractivity contribution is 6.30. The molecule has 1 N–H and O–H groups in total. The molecule has 2 rings (SSSR count). The molecule has 0 atom stereocenters. The number of hydrogen-bond acceptors (Lipinski definition) is 4. The number of furan rings is 1. The van der Waals surface area contributed by atoms with Gasteiger partial charge in [0, 0.05) is 22.6 Å². The van der Waals surface area contributed by atoms with Gasteiger partial charge in [-0.3, -0.25) is 9.59 Å².